The van der Waals surface area contributed by atoms with Gasteiger partial charge in [0.15, 0.2) is 0 Å². The van der Waals surface area contributed by atoms with Crippen LogP contribution < -0.4 is 0 Å². The first-order valence-electron chi connectivity index (χ1n) is 9.11. The lowest BCUT2D eigenvalue weighted by Crippen LogP contribution is -2.17. The molecule has 0 aliphatic rings. The lowest BCUT2D eigenvalue weighted by molar-refractivity contribution is 0.363. The molecule has 0 aliphatic heterocycles. The van der Waals surface area contributed by atoms with Gasteiger partial charge in [-0.1, -0.05) is 84.7 Å². The van der Waals surface area contributed by atoms with Crippen LogP contribution in [0.5, 0.6) is 0 Å². The first kappa shape index (κ1) is 22.8. The fourth-order valence-electron chi connectivity index (χ4n) is 2.48. The molecule has 0 aliphatic carbocycles. The number of hydrogen-bond donors (Lipinski definition) is 0. The molecule has 2 aromatic carbocycles. The van der Waals surface area contributed by atoms with Crippen molar-refractivity contribution in [3.63, 3.8) is 0 Å². The van der Waals surface area contributed by atoms with Crippen LogP contribution in [0.3, 0.4) is 0 Å². The summed E-state index contributed by atoms with van der Waals surface area (Å²) in [6.07, 6.45) is 8.40. The van der Waals surface area contributed by atoms with Gasteiger partial charge in [-0.3, -0.25) is 4.90 Å². The number of likely N-dealkylation sites (N-methyl/N-ethyl adjacent to an activating group) is 1. The molecule has 0 heterocycles. The smallest absolute Gasteiger partial charge is 0.0234 e. The van der Waals surface area contributed by atoms with E-state index in [1.54, 1.807) is 0 Å². The Kier molecular flexibility index (Phi) is 9.65. The van der Waals surface area contributed by atoms with Crippen LogP contribution in [0.4, 0.5) is 0 Å². The second-order valence-electron chi connectivity index (χ2n) is 7.61. The van der Waals surface area contributed by atoms with Gasteiger partial charge in [-0.2, -0.15) is 0 Å². The zero-order chi connectivity index (χ0) is 18.8. The minimum Gasteiger partial charge on any atom is -0.298 e. The Hall–Kier alpha value is -2.27. The molecule has 142 valence electrons. The van der Waals surface area contributed by atoms with Crippen LogP contribution in [0.1, 0.15) is 37.5 Å². The van der Waals surface area contributed by atoms with Crippen LogP contribution in [-0.4, -0.2) is 18.5 Å². The topological polar surface area (TPSA) is 3.24 Å². The highest BCUT2D eigenvalue weighted by Gasteiger charge is 2.02. The first-order valence-corrected chi connectivity index (χ1v) is 9.11. The van der Waals surface area contributed by atoms with E-state index in [1.807, 2.05) is 12.1 Å². The minimum absolute atomic E-state index is 0. The molecule has 0 N–H and O–H groups in total. The third-order valence-corrected chi connectivity index (χ3v) is 3.74. The molecule has 1 nitrogen and oxygen atoms in total. The molecule has 0 amide bonds. The van der Waals surface area contributed by atoms with Crippen molar-refractivity contribution in [1.82, 2.24) is 4.90 Å². The SMILES string of the molecule is CN(C/C=C/C#CC(C)(C)C)Cc1cccc(/C=C/c2ccccc2)c1.Cl. The predicted octanol–water partition coefficient (Wildman–Crippen LogP) is 6.32. The monoisotopic (exact) mass is 379 g/mol. The van der Waals surface area contributed by atoms with E-state index in [2.05, 4.69) is 111 Å². The van der Waals surface area contributed by atoms with Crippen LogP contribution in [0, 0.1) is 17.3 Å². The number of halogens is 1. The van der Waals surface area contributed by atoms with E-state index in [-0.39, 0.29) is 17.8 Å². The summed E-state index contributed by atoms with van der Waals surface area (Å²) in [5.41, 5.74) is 3.82. The van der Waals surface area contributed by atoms with Crippen LogP contribution in [0.2, 0.25) is 0 Å². The predicted molar refractivity (Wildman–Crippen MR) is 122 cm³/mol. The average molecular weight is 380 g/mol. The van der Waals surface area contributed by atoms with Gasteiger partial charge >= 0.3 is 0 Å². The van der Waals surface area contributed by atoms with Crippen molar-refractivity contribution >= 4 is 24.6 Å². The van der Waals surface area contributed by atoms with Gasteiger partial charge in [-0.25, -0.2) is 0 Å². The molecule has 27 heavy (non-hydrogen) atoms. The fraction of sp³-hybridized carbons (Fsp3) is 0.280. The molecule has 0 saturated heterocycles. The van der Waals surface area contributed by atoms with Crippen LogP contribution in [0.15, 0.2) is 66.7 Å². The van der Waals surface area contributed by atoms with Gasteiger partial charge in [0, 0.05) is 18.5 Å². The van der Waals surface area contributed by atoms with Crippen molar-refractivity contribution in [2.24, 2.45) is 5.41 Å². The van der Waals surface area contributed by atoms with Crippen molar-refractivity contribution in [2.45, 2.75) is 27.3 Å². The molecule has 0 aromatic heterocycles. The second kappa shape index (κ2) is 11.4. The highest BCUT2D eigenvalue weighted by molar-refractivity contribution is 5.85. The number of nitrogens with zero attached hydrogens (tertiary/aromatic N) is 1. The van der Waals surface area contributed by atoms with Crippen molar-refractivity contribution in [3.8, 4) is 11.8 Å². The van der Waals surface area contributed by atoms with Gasteiger partial charge in [0.2, 0.25) is 0 Å². The first-order chi connectivity index (χ1) is 12.4. The van der Waals surface area contributed by atoms with E-state index in [1.165, 1.54) is 16.7 Å². The molecule has 0 spiro atoms. The number of allylic oxidation sites excluding steroid dienone is 1. The summed E-state index contributed by atoms with van der Waals surface area (Å²) in [4.78, 5) is 2.29. The van der Waals surface area contributed by atoms with Crippen molar-refractivity contribution in [2.75, 3.05) is 13.6 Å². The largest absolute Gasteiger partial charge is 0.298 e. The summed E-state index contributed by atoms with van der Waals surface area (Å²) >= 11 is 0. The number of hydrogen-bond acceptors (Lipinski definition) is 1. The lowest BCUT2D eigenvalue weighted by atomic mass is 9.98. The number of benzene rings is 2. The Labute approximate surface area is 171 Å². The molecule has 0 unspecified atom stereocenters. The Morgan fingerprint density at radius 3 is 2.30 bits per heavy atom. The van der Waals surface area contributed by atoms with Crippen molar-refractivity contribution < 1.29 is 0 Å². The summed E-state index contributed by atoms with van der Waals surface area (Å²) in [6.45, 7) is 8.19. The fourth-order valence-corrected chi connectivity index (χ4v) is 2.48. The highest BCUT2D eigenvalue weighted by Crippen LogP contribution is 2.12. The molecule has 0 saturated carbocycles. The van der Waals surface area contributed by atoms with E-state index >= 15 is 0 Å². The van der Waals surface area contributed by atoms with Gasteiger partial charge < -0.3 is 0 Å². The van der Waals surface area contributed by atoms with Gasteiger partial charge in [0.05, 0.1) is 0 Å². The van der Waals surface area contributed by atoms with Gasteiger partial charge in [0.25, 0.3) is 0 Å². The molecular formula is C25H30ClN. The van der Waals surface area contributed by atoms with Gasteiger partial charge in [-0.15, -0.1) is 12.4 Å². The molecular weight excluding hydrogens is 350 g/mol. The second-order valence-corrected chi connectivity index (χ2v) is 7.61. The summed E-state index contributed by atoms with van der Waals surface area (Å²) in [7, 11) is 2.13. The normalized spacial score (nSPS) is 11.4. The molecule has 2 rings (SSSR count). The zero-order valence-corrected chi connectivity index (χ0v) is 17.6. The third-order valence-electron chi connectivity index (χ3n) is 3.74. The summed E-state index contributed by atoms with van der Waals surface area (Å²) in [6, 6.07) is 19.1. The lowest BCUT2D eigenvalue weighted by Gasteiger charge is -2.14. The summed E-state index contributed by atoms with van der Waals surface area (Å²) in [5.74, 6) is 6.34. The van der Waals surface area contributed by atoms with E-state index in [4.69, 9.17) is 0 Å². The highest BCUT2D eigenvalue weighted by atomic mass is 35.5. The summed E-state index contributed by atoms with van der Waals surface area (Å²) in [5, 5.41) is 0. The average Bonchev–Trinajstić information content (AvgIpc) is 2.60. The molecule has 2 aromatic rings. The van der Waals surface area contributed by atoms with E-state index in [0.29, 0.717) is 0 Å². The molecule has 0 fully saturated rings. The van der Waals surface area contributed by atoms with Crippen molar-refractivity contribution in [1.29, 1.82) is 0 Å². The van der Waals surface area contributed by atoms with Crippen molar-refractivity contribution in [3.05, 3.63) is 83.4 Å². The number of rotatable bonds is 6. The maximum absolute atomic E-state index is 3.22. The standard InChI is InChI=1S/C25H29N.ClH/c1-25(2,3)18-9-6-10-19-26(4)21-24-15-11-14-23(20-24)17-16-22-12-7-5-8-13-22;/h5-8,10-17,20H,19,21H2,1-4H3;1H/b10-6+,17-16+;. The van der Waals surface area contributed by atoms with Gasteiger partial charge in [-0.05, 0) is 50.6 Å². The third kappa shape index (κ3) is 9.85. The zero-order valence-electron chi connectivity index (χ0n) is 16.8. The maximum Gasteiger partial charge on any atom is 0.0234 e. The quantitative estimate of drug-likeness (QED) is 0.419. The van der Waals surface area contributed by atoms with Gasteiger partial charge in [0.1, 0.15) is 0 Å². The Balaban J connectivity index is 0.00000364. The molecule has 0 radical (unpaired) electrons. The maximum atomic E-state index is 3.22. The molecule has 0 atom stereocenters. The van der Waals surface area contributed by atoms with E-state index in [9.17, 15) is 0 Å². The van der Waals surface area contributed by atoms with Crippen LogP contribution >= 0.6 is 12.4 Å². The molecule has 0 bridgehead atoms. The Morgan fingerprint density at radius 1 is 0.926 bits per heavy atom. The summed E-state index contributed by atoms with van der Waals surface area (Å²) < 4.78 is 0. The van der Waals surface area contributed by atoms with Crippen LogP contribution in [-0.2, 0) is 6.54 Å². The van der Waals surface area contributed by atoms with E-state index < -0.39 is 0 Å². The van der Waals surface area contributed by atoms with E-state index in [0.717, 1.165) is 13.1 Å². The van der Waals surface area contributed by atoms with Crippen LogP contribution in [0.25, 0.3) is 12.2 Å². The minimum atomic E-state index is 0. The Morgan fingerprint density at radius 2 is 1.59 bits per heavy atom. The molecule has 2 heteroatoms. The Bertz CT molecular complexity index is 801.